The molecule has 1 atom stereocenters. The van der Waals surface area contributed by atoms with Crippen LogP contribution in [0.15, 0.2) is 30.3 Å². The van der Waals surface area contributed by atoms with Crippen molar-refractivity contribution >= 4 is 21.6 Å². The highest BCUT2D eigenvalue weighted by molar-refractivity contribution is 7.89. The molecule has 0 saturated carbocycles. The summed E-state index contributed by atoms with van der Waals surface area (Å²) in [6.07, 6.45) is 1.18. The average Bonchev–Trinajstić information content (AvgIpc) is 2.37. The van der Waals surface area contributed by atoms with E-state index in [0.29, 0.717) is 12.8 Å². The fraction of sp³-hybridized carbons (Fsp3) is 0.538. The molecule has 102 valence electrons. The van der Waals surface area contributed by atoms with Crippen LogP contribution in [0.25, 0.3) is 0 Å². The summed E-state index contributed by atoms with van der Waals surface area (Å²) < 4.78 is 26.6. The number of halogens is 1. The van der Waals surface area contributed by atoms with Crippen LogP contribution < -0.4 is 4.72 Å². The van der Waals surface area contributed by atoms with Crippen LogP contribution >= 0.6 is 11.6 Å². The second kappa shape index (κ2) is 6.55. The van der Waals surface area contributed by atoms with Gasteiger partial charge in [-0.15, -0.1) is 11.6 Å². The minimum absolute atomic E-state index is 0.0868. The highest BCUT2D eigenvalue weighted by Crippen LogP contribution is 2.13. The second-order valence-corrected chi connectivity index (χ2v) is 6.81. The summed E-state index contributed by atoms with van der Waals surface area (Å²) in [7, 11) is -3.30. The molecule has 5 heteroatoms. The number of aryl methyl sites for hydroxylation is 1. The molecule has 0 aromatic heterocycles. The normalized spacial score (nSPS) is 15.3. The lowest BCUT2D eigenvalue weighted by Gasteiger charge is -2.26. The number of rotatable bonds is 7. The van der Waals surface area contributed by atoms with Gasteiger partial charge in [0, 0.05) is 11.4 Å². The molecule has 1 aromatic carbocycles. The van der Waals surface area contributed by atoms with Crippen molar-refractivity contribution in [3.05, 3.63) is 35.9 Å². The van der Waals surface area contributed by atoms with Gasteiger partial charge in [0.1, 0.15) is 0 Å². The maximum Gasteiger partial charge on any atom is 0.212 e. The molecule has 0 heterocycles. The summed E-state index contributed by atoms with van der Waals surface area (Å²) in [6, 6.07) is 9.58. The quantitative estimate of drug-likeness (QED) is 0.784. The molecule has 1 aromatic rings. The Morgan fingerprint density at radius 1 is 1.28 bits per heavy atom. The van der Waals surface area contributed by atoms with Crippen molar-refractivity contribution < 1.29 is 8.42 Å². The van der Waals surface area contributed by atoms with E-state index in [1.54, 1.807) is 0 Å². The molecule has 3 nitrogen and oxygen atoms in total. The van der Waals surface area contributed by atoms with Gasteiger partial charge in [-0.05, 0) is 25.3 Å². The Bertz CT molecular complexity index is 455. The van der Waals surface area contributed by atoms with Crippen molar-refractivity contribution in [1.29, 1.82) is 0 Å². The standard InChI is InChI=1S/C13H20ClNO2S/c1-3-13(2,11-14)15-18(16,17)10-9-12-7-5-4-6-8-12/h4-8,15H,3,9-11H2,1-2H3. The topological polar surface area (TPSA) is 46.2 Å². The molecular formula is C13H20ClNO2S. The average molecular weight is 290 g/mol. The van der Waals surface area contributed by atoms with Gasteiger partial charge < -0.3 is 0 Å². The van der Waals surface area contributed by atoms with Crippen LogP contribution in [0.2, 0.25) is 0 Å². The molecule has 0 radical (unpaired) electrons. The third-order valence-electron chi connectivity index (χ3n) is 2.98. The summed E-state index contributed by atoms with van der Waals surface area (Å²) in [5.74, 6) is 0.359. The van der Waals surface area contributed by atoms with E-state index in [-0.39, 0.29) is 11.6 Å². The first-order valence-corrected chi connectivity index (χ1v) is 8.21. The lowest BCUT2D eigenvalue weighted by Crippen LogP contribution is -2.48. The van der Waals surface area contributed by atoms with Crippen molar-refractivity contribution in [1.82, 2.24) is 4.72 Å². The predicted octanol–water partition coefficient (Wildman–Crippen LogP) is 2.56. The van der Waals surface area contributed by atoms with Crippen molar-refractivity contribution in [2.75, 3.05) is 11.6 Å². The summed E-state index contributed by atoms with van der Waals surface area (Å²) in [5, 5.41) is 0. The molecule has 0 amide bonds. The molecule has 0 aliphatic carbocycles. The largest absolute Gasteiger partial charge is 0.212 e. The van der Waals surface area contributed by atoms with Crippen LogP contribution in [0, 0.1) is 0 Å². The fourth-order valence-corrected chi connectivity index (χ4v) is 3.43. The first-order chi connectivity index (χ1) is 8.41. The number of benzene rings is 1. The van der Waals surface area contributed by atoms with E-state index >= 15 is 0 Å². The van der Waals surface area contributed by atoms with E-state index in [4.69, 9.17) is 11.6 Å². The molecule has 0 aliphatic rings. The van der Waals surface area contributed by atoms with Gasteiger partial charge in [-0.1, -0.05) is 37.3 Å². The van der Waals surface area contributed by atoms with E-state index < -0.39 is 15.6 Å². The van der Waals surface area contributed by atoms with E-state index in [1.807, 2.05) is 44.2 Å². The molecule has 0 aliphatic heterocycles. The third kappa shape index (κ3) is 4.96. The molecule has 1 N–H and O–H groups in total. The van der Waals surface area contributed by atoms with Gasteiger partial charge in [0.05, 0.1) is 5.75 Å². The maximum atomic E-state index is 12.0. The van der Waals surface area contributed by atoms with Crippen molar-refractivity contribution in [2.45, 2.75) is 32.2 Å². The Balaban J connectivity index is 2.61. The Kier molecular flexibility index (Phi) is 5.63. The lowest BCUT2D eigenvalue weighted by atomic mass is 10.0. The molecule has 0 fully saturated rings. The number of nitrogens with one attached hydrogen (secondary N) is 1. The van der Waals surface area contributed by atoms with Gasteiger partial charge in [0.25, 0.3) is 0 Å². The van der Waals surface area contributed by atoms with E-state index in [2.05, 4.69) is 4.72 Å². The Hall–Kier alpha value is -0.580. The first-order valence-electron chi connectivity index (χ1n) is 6.02. The summed E-state index contributed by atoms with van der Waals surface area (Å²) >= 11 is 5.81. The smallest absolute Gasteiger partial charge is 0.212 e. The zero-order valence-electron chi connectivity index (χ0n) is 10.8. The molecular weight excluding hydrogens is 270 g/mol. The minimum atomic E-state index is -3.30. The number of hydrogen-bond donors (Lipinski definition) is 1. The maximum absolute atomic E-state index is 12.0. The van der Waals surface area contributed by atoms with Gasteiger partial charge in [-0.25, -0.2) is 13.1 Å². The van der Waals surface area contributed by atoms with Gasteiger partial charge in [0.15, 0.2) is 0 Å². The Morgan fingerprint density at radius 3 is 2.39 bits per heavy atom. The number of sulfonamides is 1. The lowest BCUT2D eigenvalue weighted by molar-refractivity contribution is 0.444. The zero-order chi connectivity index (χ0) is 13.6. The van der Waals surface area contributed by atoms with Crippen LogP contribution in [0.4, 0.5) is 0 Å². The summed E-state index contributed by atoms with van der Waals surface area (Å²) in [5.41, 5.74) is 0.462. The van der Waals surface area contributed by atoms with E-state index in [1.165, 1.54) is 0 Å². The molecule has 18 heavy (non-hydrogen) atoms. The molecule has 1 unspecified atom stereocenters. The van der Waals surface area contributed by atoms with Crippen LogP contribution in [0.5, 0.6) is 0 Å². The SMILES string of the molecule is CCC(C)(CCl)NS(=O)(=O)CCc1ccccc1. The predicted molar refractivity (Wildman–Crippen MR) is 76.5 cm³/mol. The molecule has 0 spiro atoms. The molecule has 1 rings (SSSR count). The first kappa shape index (κ1) is 15.5. The van der Waals surface area contributed by atoms with Crippen molar-refractivity contribution in [3.8, 4) is 0 Å². The van der Waals surface area contributed by atoms with E-state index in [9.17, 15) is 8.42 Å². The second-order valence-electron chi connectivity index (χ2n) is 4.70. The Morgan fingerprint density at radius 2 is 1.89 bits per heavy atom. The van der Waals surface area contributed by atoms with Gasteiger partial charge >= 0.3 is 0 Å². The third-order valence-corrected chi connectivity index (χ3v) is 5.11. The van der Waals surface area contributed by atoms with Crippen molar-refractivity contribution in [3.63, 3.8) is 0 Å². The number of alkyl halides is 1. The van der Waals surface area contributed by atoms with Crippen LogP contribution in [-0.4, -0.2) is 25.6 Å². The monoisotopic (exact) mass is 289 g/mol. The molecule has 0 saturated heterocycles. The van der Waals surface area contributed by atoms with Crippen LogP contribution in [0.1, 0.15) is 25.8 Å². The number of hydrogen-bond acceptors (Lipinski definition) is 2. The summed E-state index contributed by atoms with van der Waals surface area (Å²) in [4.78, 5) is 0. The highest BCUT2D eigenvalue weighted by Gasteiger charge is 2.26. The van der Waals surface area contributed by atoms with Gasteiger partial charge in [0.2, 0.25) is 10.0 Å². The molecule has 0 bridgehead atoms. The zero-order valence-corrected chi connectivity index (χ0v) is 12.4. The van der Waals surface area contributed by atoms with Gasteiger partial charge in [-0.3, -0.25) is 0 Å². The van der Waals surface area contributed by atoms with Crippen molar-refractivity contribution in [2.24, 2.45) is 0 Å². The van der Waals surface area contributed by atoms with E-state index in [0.717, 1.165) is 5.56 Å². The fourth-order valence-electron chi connectivity index (χ4n) is 1.52. The van der Waals surface area contributed by atoms with Gasteiger partial charge in [-0.2, -0.15) is 0 Å². The highest BCUT2D eigenvalue weighted by atomic mass is 35.5. The van der Waals surface area contributed by atoms with Crippen LogP contribution in [0.3, 0.4) is 0 Å². The summed E-state index contributed by atoms with van der Waals surface area (Å²) in [6.45, 7) is 3.74. The minimum Gasteiger partial charge on any atom is -0.212 e. The Labute approximate surface area is 115 Å². The van der Waals surface area contributed by atoms with Crippen LogP contribution in [-0.2, 0) is 16.4 Å².